The highest BCUT2D eigenvalue weighted by Crippen LogP contribution is 2.66. The van der Waals surface area contributed by atoms with E-state index in [9.17, 15) is 4.79 Å². The third-order valence-corrected chi connectivity index (χ3v) is 8.64. The van der Waals surface area contributed by atoms with Gasteiger partial charge in [-0.05, 0) is 86.0 Å². The van der Waals surface area contributed by atoms with E-state index in [1.165, 1.54) is 44.9 Å². The van der Waals surface area contributed by atoms with E-state index >= 15 is 0 Å². The van der Waals surface area contributed by atoms with Gasteiger partial charge in [-0.15, -0.1) is 0 Å². The molecule has 7 atom stereocenters. The Kier molecular flexibility index (Phi) is 4.16. The summed E-state index contributed by atoms with van der Waals surface area (Å²) in [7, 11) is 0. The van der Waals surface area contributed by atoms with E-state index < -0.39 is 0 Å². The second kappa shape index (κ2) is 5.99. The molecule has 4 aliphatic rings. The molecule has 2 fully saturated rings. The number of carbonyl (C=O) groups is 1. The molecule has 138 valence electrons. The van der Waals surface area contributed by atoms with Crippen LogP contribution in [-0.4, -0.2) is 12.1 Å². The molecule has 0 aromatic rings. The predicted molar refractivity (Wildman–Crippen MR) is 101 cm³/mol. The lowest BCUT2D eigenvalue weighted by molar-refractivity contribution is -0.152. The van der Waals surface area contributed by atoms with Crippen molar-refractivity contribution >= 4 is 5.97 Å². The van der Waals surface area contributed by atoms with Gasteiger partial charge in [-0.2, -0.15) is 0 Å². The molecule has 0 N–H and O–H groups in total. The number of carbonyl (C=O) groups excluding carboxylic acids is 1. The Morgan fingerprint density at radius 2 is 2.00 bits per heavy atom. The summed E-state index contributed by atoms with van der Waals surface area (Å²) in [5.41, 5.74) is 2.37. The third-order valence-electron chi connectivity index (χ3n) is 8.64. The van der Waals surface area contributed by atoms with Gasteiger partial charge in [-0.3, -0.25) is 4.79 Å². The molecule has 0 saturated heterocycles. The van der Waals surface area contributed by atoms with Gasteiger partial charge in [-0.1, -0.05) is 32.1 Å². The van der Waals surface area contributed by atoms with Gasteiger partial charge in [0.25, 0.3) is 0 Å². The molecule has 0 aromatic heterocycles. The van der Waals surface area contributed by atoms with Crippen molar-refractivity contribution in [2.75, 3.05) is 0 Å². The number of hydrogen-bond donors (Lipinski definition) is 0. The molecule has 4 aliphatic carbocycles. The van der Waals surface area contributed by atoms with Crippen molar-refractivity contribution < 1.29 is 9.53 Å². The maximum Gasteiger partial charge on any atom is 0.302 e. The van der Waals surface area contributed by atoms with E-state index in [2.05, 4.69) is 39.0 Å². The Balaban J connectivity index is 1.61. The van der Waals surface area contributed by atoms with Crippen LogP contribution in [0.1, 0.15) is 72.6 Å². The molecule has 0 radical (unpaired) electrons. The van der Waals surface area contributed by atoms with E-state index in [-0.39, 0.29) is 12.1 Å². The van der Waals surface area contributed by atoms with Crippen LogP contribution in [0, 0.1) is 34.5 Å². The molecule has 0 aliphatic heterocycles. The second-order valence-electron chi connectivity index (χ2n) is 9.67. The molecule has 2 saturated carbocycles. The Bertz CT molecular complexity index is 618. The minimum absolute atomic E-state index is 0.0620. The van der Waals surface area contributed by atoms with Crippen LogP contribution in [-0.2, 0) is 9.53 Å². The average molecular weight is 343 g/mol. The van der Waals surface area contributed by atoms with Gasteiger partial charge in [0, 0.05) is 12.8 Å². The Morgan fingerprint density at radius 3 is 2.76 bits per heavy atom. The highest BCUT2D eigenvalue weighted by atomic mass is 16.5. The maximum absolute atomic E-state index is 11.5. The van der Waals surface area contributed by atoms with Gasteiger partial charge in [-0.25, -0.2) is 0 Å². The first-order valence-electron chi connectivity index (χ1n) is 10.4. The lowest BCUT2D eigenvalue weighted by Crippen LogP contribution is -2.50. The molecular weight excluding hydrogens is 308 g/mol. The summed E-state index contributed by atoms with van der Waals surface area (Å²) in [5, 5.41) is 0. The first-order valence-corrected chi connectivity index (χ1v) is 10.4. The predicted octanol–water partition coefficient (Wildman–Crippen LogP) is 5.68. The molecule has 4 rings (SSSR count). The van der Waals surface area contributed by atoms with Gasteiger partial charge in [0.05, 0.1) is 0 Å². The van der Waals surface area contributed by atoms with E-state index in [0.717, 1.165) is 17.8 Å². The number of fused-ring (bicyclic) bond motifs is 5. The van der Waals surface area contributed by atoms with Crippen molar-refractivity contribution in [1.82, 2.24) is 0 Å². The fourth-order valence-corrected chi connectivity index (χ4v) is 7.45. The van der Waals surface area contributed by atoms with Crippen LogP contribution in [0.5, 0.6) is 0 Å². The Hall–Kier alpha value is -1.05. The van der Waals surface area contributed by atoms with Gasteiger partial charge in [0.1, 0.15) is 6.10 Å². The molecule has 0 aromatic carbocycles. The van der Waals surface area contributed by atoms with Gasteiger partial charge in [0.15, 0.2) is 0 Å². The fraction of sp³-hybridized carbons (Fsp3) is 0.783. The summed E-state index contributed by atoms with van der Waals surface area (Å²) >= 11 is 0. The van der Waals surface area contributed by atoms with Crippen LogP contribution in [0.4, 0.5) is 0 Å². The number of allylic oxidation sites excluding steroid dienone is 4. The zero-order valence-electron chi connectivity index (χ0n) is 16.4. The molecule has 25 heavy (non-hydrogen) atoms. The number of hydrogen-bond acceptors (Lipinski definition) is 2. The molecule has 0 amide bonds. The highest BCUT2D eigenvalue weighted by Gasteiger charge is 2.59. The first kappa shape index (κ1) is 17.4. The first-order chi connectivity index (χ1) is 11.9. The van der Waals surface area contributed by atoms with Crippen LogP contribution in [0.15, 0.2) is 23.8 Å². The summed E-state index contributed by atoms with van der Waals surface area (Å²) in [4.78, 5) is 11.5. The van der Waals surface area contributed by atoms with Crippen LogP contribution < -0.4 is 0 Å². The van der Waals surface area contributed by atoms with Crippen molar-refractivity contribution in [2.24, 2.45) is 34.5 Å². The van der Waals surface area contributed by atoms with Crippen LogP contribution in [0.25, 0.3) is 0 Å². The second-order valence-corrected chi connectivity index (χ2v) is 9.67. The Morgan fingerprint density at radius 1 is 1.20 bits per heavy atom. The minimum Gasteiger partial charge on any atom is -0.463 e. The largest absolute Gasteiger partial charge is 0.463 e. The van der Waals surface area contributed by atoms with E-state index in [1.54, 1.807) is 12.5 Å². The molecular formula is C23H34O2. The van der Waals surface area contributed by atoms with Crippen LogP contribution in [0.2, 0.25) is 0 Å². The van der Waals surface area contributed by atoms with Crippen molar-refractivity contribution in [3.63, 3.8) is 0 Å². The van der Waals surface area contributed by atoms with Gasteiger partial charge < -0.3 is 4.74 Å². The number of esters is 1. The Labute approximate surface area is 153 Å². The zero-order valence-corrected chi connectivity index (χ0v) is 16.4. The molecule has 6 unspecified atom stereocenters. The fourth-order valence-electron chi connectivity index (χ4n) is 7.45. The van der Waals surface area contributed by atoms with Crippen molar-refractivity contribution in [1.29, 1.82) is 0 Å². The standard InChI is InChI=1S/C23H34O2/c1-15(25-16(2)24)19-10-11-20-18-9-8-17-7-5-6-13-22(17,3)21(18)12-14-23(19,20)4/h5,7-8,15,18-21H,6,9-14H2,1-4H3/t15?,18?,19?,20?,21?,22-,23?/m0/s1. The summed E-state index contributed by atoms with van der Waals surface area (Å²) in [6.07, 6.45) is 16.4. The summed E-state index contributed by atoms with van der Waals surface area (Å²) in [6.45, 7) is 8.72. The van der Waals surface area contributed by atoms with Crippen LogP contribution in [0.3, 0.4) is 0 Å². The third kappa shape index (κ3) is 2.54. The molecule has 0 bridgehead atoms. The van der Waals surface area contributed by atoms with Gasteiger partial charge in [0.2, 0.25) is 0 Å². The number of ether oxygens (including phenoxy) is 1. The highest BCUT2D eigenvalue weighted by molar-refractivity contribution is 5.66. The average Bonchev–Trinajstić information content (AvgIpc) is 2.91. The summed E-state index contributed by atoms with van der Waals surface area (Å²) < 4.78 is 5.63. The molecule has 0 spiro atoms. The van der Waals surface area contributed by atoms with E-state index in [0.29, 0.717) is 16.7 Å². The van der Waals surface area contributed by atoms with Crippen LogP contribution >= 0.6 is 0 Å². The summed E-state index contributed by atoms with van der Waals surface area (Å²) in [6, 6.07) is 0. The lowest BCUT2D eigenvalue weighted by atomic mass is 9.48. The normalized spacial score (nSPS) is 46.5. The van der Waals surface area contributed by atoms with E-state index in [4.69, 9.17) is 4.74 Å². The quantitative estimate of drug-likeness (QED) is 0.603. The smallest absolute Gasteiger partial charge is 0.302 e. The zero-order chi connectivity index (χ0) is 17.8. The van der Waals surface area contributed by atoms with Crippen molar-refractivity contribution in [3.05, 3.63) is 23.8 Å². The summed E-state index contributed by atoms with van der Waals surface area (Å²) in [5.74, 6) is 2.88. The number of rotatable bonds is 2. The van der Waals surface area contributed by atoms with Gasteiger partial charge >= 0.3 is 5.97 Å². The SMILES string of the molecule is CC(=O)OC(C)C1CCC2C3CC=C4C=CCC[C@]4(C)C3CCC12C. The molecule has 2 nitrogen and oxygen atoms in total. The van der Waals surface area contributed by atoms with Crippen molar-refractivity contribution in [3.8, 4) is 0 Å². The topological polar surface area (TPSA) is 26.3 Å². The minimum atomic E-state index is -0.125. The monoisotopic (exact) mass is 342 g/mol. The lowest BCUT2D eigenvalue weighted by Gasteiger charge is -2.57. The molecule has 2 heteroatoms. The van der Waals surface area contributed by atoms with E-state index in [1.807, 2.05) is 0 Å². The molecule has 0 heterocycles. The maximum atomic E-state index is 11.5. The van der Waals surface area contributed by atoms with Crippen molar-refractivity contribution in [2.45, 2.75) is 78.7 Å².